The second kappa shape index (κ2) is 5.73. The Balaban J connectivity index is 1.93. The van der Waals surface area contributed by atoms with Gasteiger partial charge in [-0.1, -0.05) is 0 Å². The fourth-order valence-electron chi connectivity index (χ4n) is 2.10. The molecule has 106 valence electrons. The fourth-order valence-corrected chi connectivity index (χ4v) is 2.10. The first-order valence-corrected chi connectivity index (χ1v) is 6.26. The summed E-state index contributed by atoms with van der Waals surface area (Å²) in [7, 11) is 1.68. The number of nitrogens with one attached hydrogen (secondary N) is 1. The topological polar surface area (TPSA) is 80.9 Å². The molecule has 0 amide bonds. The Hall–Kier alpha value is -1.37. The lowest BCUT2D eigenvalue weighted by Crippen LogP contribution is -2.43. The summed E-state index contributed by atoms with van der Waals surface area (Å²) >= 11 is 0. The number of ether oxygens (including phenoxy) is 2. The van der Waals surface area contributed by atoms with Gasteiger partial charge in [0.25, 0.3) is 0 Å². The van der Waals surface area contributed by atoms with Crippen LogP contribution in [0.5, 0.6) is 0 Å². The maximum atomic E-state index is 10.8. The van der Waals surface area contributed by atoms with E-state index in [9.17, 15) is 4.79 Å². The van der Waals surface area contributed by atoms with E-state index in [1.165, 1.54) is 6.07 Å². The Morgan fingerprint density at radius 2 is 2.42 bits per heavy atom. The highest BCUT2D eigenvalue weighted by Gasteiger charge is 2.35. The van der Waals surface area contributed by atoms with E-state index in [0.717, 1.165) is 6.42 Å². The van der Waals surface area contributed by atoms with Crippen LogP contribution in [0.1, 0.15) is 35.7 Å². The summed E-state index contributed by atoms with van der Waals surface area (Å²) in [5.74, 6) is -0.507. The van der Waals surface area contributed by atoms with Crippen molar-refractivity contribution in [2.45, 2.75) is 25.0 Å². The molecule has 1 saturated heterocycles. The molecule has 1 aliphatic heterocycles. The highest BCUT2D eigenvalue weighted by atomic mass is 16.5. The first kappa shape index (κ1) is 14.0. The average Bonchev–Trinajstić information content (AvgIpc) is 3.06. The maximum Gasteiger partial charge on any atom is 0.371 e. The molecule has 2 unspecified atom stereocenters. The zero-order valence-corrected chi connectivity index (χ0v) is 11.1. The van der Waals surface area contributed by atoms with Crippen LogP contribution >= 0.6 is 0 Å². The number of carboxylic acids is 1. The normalized spacial score (nSPS) is 24.5. The van der Waals surface area contributed by atoms with Crippen molar-refractivity contribution in [1.29, 1.82) is 0 Å². The van der Waals surface area contributed by atoms with Crippen molar-refractivity contribution in [3.05, 3.63) is 23.7 Å². The van der Waals surface area contributed by atoms with E-state index in [1.54, 1.807) is 13.2 Å². The number of carbonyl (C=O) groups is 1. The predicted octanol–water partition coefficient (Wildman–Crippen LogP) is 1.43. The van der Waals surface area contributed by atoms with E-state index in [2.05, 4.69) is 5.32 Å². The minimum atomic E-state index is -1.06. The summed E-state index contributed by atoms with van der Waals surface area (Å²) in [5.41, 5.74) is -0.295. The van der Waals surface area contributed by atoms with Gasteiger partial charge in [-0.3, -0.25) is 0 Å². The molecule has 1 aliphatic rings. The molecule has 0 radical (unpaired) electrons. The van der Waals surface area contributed by atoms with E-state index in [4.69, 9.17) is 19.0 Å². The summed E-state index contributed by atoms with van der Waals surface area (Å²) in [6, 6.07) is 3.05. The predicted molar refractivity (Wildman–Crippen MR) is 67.3 cm³/mol. The Labute approximate surface area is 111 Å². The van der Waals surface area contributed by atoms with Gasteiger partial charge in [-0.15, -0.1) is 0 Å². The molecule has 2 heterocycles. The van der Waals surface area contributed by atoms with Gasteiger partial charge in [-0.25, -0.2) is 4.79 Å². The summed E-state index contributed by atoms with van der Waals surface area (Å²) in [6.07, 6.45) is 0.849. The summed E-state index contributed by atoms with van der Waals surface area (Å²) < 4.78 is 16.1. The third kappa shape index (κ3) is 3.15. The van der Waals surface area contributed by atoms with Gasteiger partial charge in [-0.2, -0.15) is 0 Å². The number of furan rings is 1. The smallest absolute Gasteiger partial charge is 0.371 e. The van der Waals surface area contributed by atoms with Crippen molar-refractivity contribution in [3.8, 4) is 0 Å². The number of rotatable bonds is 6. The second-order valence-corrected chi connectivity index (χ2v) is 4.80. The zero-order chi connectivity index (χ0) is 13.9. The summed E-state index contributed by atoms with van der Waals surface area (Å²) in [6.45, 7) is 3.83. The van der Waals surface area contributed by atoms with Gasteiger partial charge in [0.05, 0.1) is 12.6 Å². The number of methoxy groups -OCH3 is 1. The van der Waals surface area contributed by atoms with Crippen molar-refractivity contribution in [3.63, 3.8) is 0 Å². The largest absolute Gasteiger partial charge is 0.475 e. The molecule has 6 nitrogen and oxygen atoms in total. The molecule has 1 aromatic rings. The lowest BCUT2D eigenvalue weighted by molar-refractivity contribution is -0.0175. The molecule has 2 N–H and O–H groups in total. The van der Waals surface area contributed by atoms with Crippen LogP contribution in [0.15, 0.2) is 16.5 Å². The van der Waals surface area contributed by atoms with Gasteiger partial charge < -0.3 is 24.3 Å². The third-order valence-corrected chi connectivity index (χ3v) is 3.49. The first-order chi connectivity index (χ1) is 9.06. The Morgan fingerprint density at radius 1 is 1.63 bits per heavy atom. The van der Waals surface area contributed by atoms with Crippen LogP contribution in [0.4, 0.5) is 0 Å². The van der Waals surface area contributed by atoms with Crippen LogP contribution in [0, 0.1) is 0 Å². The quantitative estimate of drug-likeness (QED) is 0.813. The van der Waals surface area contributed by atoms with Crippen molar-refractivity contribution < 1.29 is 23.8 Å². The molecule has 19 heavy (non-hydrogen) atoms. The van der Waals surface area contributed by atoms with Gasteiger partial charge >= 0.3 is 5.97 Å². The van der Waals surface area contributed by atoms with Crippen LogP contribution in [-0.2, 0) is 9.47 Å². The Morgan fingerprint density at radius 3 is 2.95 bits per heavy atom. The molecular formula is C13H19NO5. The van der Waals surface area contributed by atoms with Crippen molar-refractivity contribution in [2.75, 3.05) is 26.9 Å². The lowest BCUT2D eigenvalue weighted by Gasteiger charge is -2.27. The maximum absolute atomic E-state index is 10.8. The summed E-state index contributed by atoms with van der Waals surface area (Å²) in [5, 5.41) is 12.1. The van der Waals surface area contributed by atoms with E-state index >= 15 is 0 Å². The monoisotopic (exact) mass is 269 g/mol. The van der Waals surface area contributed by atoms with Crippen LogP contribution in [0.3, 0.4) is 0 Å². The lowest BCUT2D eigenvalue weighted by atomic mass is 10.0. The Bertz CT molecular complexity index is 436. The van der Waals surface area contributed by atoms with Crippen LogP contribution in [0.25, 0.3) is 0 Å². The van der Waals surface area contributed by atoms with Crippen molar-refractivity contribution in [2.24, 2.45) is 0 Å². The SMILES string of the molecule is COC1(CNC(C)c2ccc(C(=O)O)o2)CCOC1. The molecule has 0 saturated carbocycles. The van der Waals surface area contributed by atoms with Crippen molar-refractivity contribution >= 4 is 5.97 Å². The molecule has 2 atom stereocenters. The Kier molecular flexibility index (Phi) is 4.24. The van der Waals surface area contributed by atoms with Gasteiger partial charge in [0.1, 0.15) is 11.4 Å². The van der Waals surface area contributed by atoms with Gasteiger partial charge in [-0.05, 0) is 19.1 Å². The number of hydrogen-bond donors (Lipinski definition) is 2. The molecule has 0 aliphatic carbocycles. The first-order valence-electron chi connectivity index (χ1n) is 6.26. The molecule has 1 fully saturated rings. The van der Waals surface area contributed by atoms with E-state index in [1.807, 2.05) is 6.92 Å². The molecule has 0 bridgehead atoms. The van der Waals surface area contributed by atoms with Gasteiger partial charge in [0.2, 0.25) is 5.76 Å². The molecule has 2 rings (SSSR count). The van der Waals surface area contributed by atoms with E-state index in [0.29, 0.717) is 25.5 Å². The third-order valence-electron chi connectivity index (χ3n) is 3.49. The van der Waals surface area contributed by atoms with Crippen LogP contribution in [-0.4, -0.2) is 43.5 Å². The average molecular weight is 269 g/mol. The standard InChI is InChI=1S/C13H19NO5/c1-9(10-3-4-11(19-10)12(15)16)14-7-13(17-2)5-6-18-8-13/h3-4,9,14H,5-8H2,1-2H3,(H,15,16). The number of hydrogen-bond acceptors (Lipinski definition) is 5. The molecular weight excluding hydrogens is 250 g/mol. The highest BCUT2D eigenvalue weighted by molar-refractivity contribution is 5.84. The second-order valence-electron chi connectivity index (χ2n) is 4.80. The number of aromatic carboxylic acids is 1. The summed E-state index contributed by atoms with van der Waals surface area (Å²) in [4.78, 5) is 10.8. The molecule has 0 spiro atoms. The molecule has 0 aromatic carbocycles. The van der Waals surface area contributed by atoms with Gasteiger partial charge in [0.15, 0.2) is 0 Å². The van der Waals surface area contributed by atoms with Gasteiger partial charge in [0, 0.05) is 26.7 Å². The zero-order valence-electron chi connectivity index (χ0n) is 11.1. The van der Waals surface area contributed by atoms with E-state index in [-0.39, 0.29) is 17.4 Å². The number of carboxylic acid groups (broad SMARTS) is 1. The molecule has 1 aromatic heterocycles. The molecule has 6 heteroatoms. The minimum absolute atomic E-state index is 0.0469. The van der Waals surface area contributed by atoms with E-state index < -0.39 is 5.97 Å². The van der Waals surface area contributed by atoms with Crippen LogP contribution in [0.2, 0.25) is 0 Å². The van der Waals surface area contributed by atoms with Crippen molar-refractivity contribution in [1.82, 2.24) is 5.32 Å². The highest BCUT2D eigenvalue weighted by Crippen LogP contribution is 2.23. The fraction of sp³-hybridized carbons (Fsp3) is 0.615. The minimum Gasteiger partial charge on any atom is -0.475 e. The van der Waals surface area contributed by atoms with Crippen LogP contribution < -0.4 is 5.32 Å².